The summed E-state index contributed by atoms with van der Waals surface area (Å²) in [6.45, 7) is 6.32. The van der Waals surface area contributed by atoms with Gasteiger partial charge in [0.2, 0.25) is 0 Å². The zero-order valence-corrected chi connectivity index (χ0v) is 15.7. The van der Waals surface area contributed by atoms with E-state index >= 15 is 0 Å². The Morgan fingerprint density at radius 2 is 1.62 bits per heavy atom. The molecule has 0 aromatic heterocycles. The maximum Gasteiger partial charge on any atom is 0.155 e. The Labute approximate surface area is 142 Å². The SMILES string of the molecule is COc1ccc(Oc2c(Br)cc(C)cc2Br)cc1C(C)C. The van der Waals surface area contributed by atoms with Crippen LogP contribution in [0.4, 0.5) is 0 Å². The molecule has 0 fully saturated rings. The van der Waals surface area contributed by atoms with Gasteiger partial charge >= 0.3 is 0 Å². The minimum Gasteiger partial charge on any atom is -0.496 e. The monoisotopic (exact) mass is 412 g/mol. The number of hydrogen-bond donors (Lipinski definition) is 0. The second-order valence-electron chi connectivity index (χ2n) is 5.22. The summed E-state index contributed by atoms with van der Waals surface area (Å²) in [5.41, 5.74) is 2.30. The molecule has 0 unspecified atom stereocenters. The van der Waals surface area contributed by atoms with Gasteiger partial charge in [0.15, 0.2) is 5.75 Å². The number of hydrogen-bond acceptors (Lipinski definition) is 2. The first-order valence-corrected chi connectivity index (χ1v) is 8.32. The summed E-state index contributed by atoms with van der Waals surface area (Å²) in [5, 5.41) is 0. The maximum atomic E-state index is 6.04. The van der Waals surface area contributed by atoms with Crippen molar-refractivity contribution in [3.8, 4) is 17.2 Å². The Bertz CT molecular complexity index is 628. The van der Waals surface area contributed by atoms with Gasteiger partial charge in [-0.3, -0.25) is 0 Å². The minimum absolute atomic E-state index is 0.369. The van der Waals surface area contributed by atoms with Crippen molar-refractivity contribution in [1.29, 1.82) is 0 Å². The number of methoxy groups -OCH3 is 1. The van der Waals surface area contributed by atoms with E-state index in [2.05, 4.69) is 45.7 Å². The van der Waals surface area contributed by atoms with E-state index in [9.17, 15) is 0 Å². The third-order valence-electron chi connectivity index (χ3n) is 3.19. The van der Waals surface area contributed by atoms with Gasteiger partial charge in [0, 0.05) is 5.56 Å². The molecule has 0 aliphatic carbocycles. The molecule has 0 aliphatic heterocycles. The summed E-state index contributed by atoms with van der Waals surface area (Å²) in [4.78, 5) is 0. The van der Waals surface area contributed by atoms with Crippen molar-refractivity contribution in [3.63, 3.8) is 0 Å². The van der Waals surface area contributed by atoms with Crippen LogP contribution in [0.15, 0.2) is 39.3 Å². The van der Waals surface area contributed by atoms with Crippen LogP contribution in [-0.2, 0) is 0 Å². The summed E-state index contributed by atoms with van der Waals surface area (Å²) in [6.07, 6.45) is 0. The lowest BCUT2D eigenvalue weighted by Crippen LogP contribution is -1.96. The van der Waals surface area contributed by atoms with Crippen LogP contribution in [0.25, 0.3) is 0 Å². The lowest BCUT2D eigenvalue weighted by Gasteiger charge is -2.15. The molecule has 2 rings (SSSR count). The normalized spacial score (nSPS) is 10.8. The fourth-order valence-electron chi connectivity index (χ4n) is 2.13. The molecule has 0 aliphatic rings. The molecule has 0 atom stereocenters. The summed E-state index contributed by atoms with van der Waals surface area (Å²) in [5.74, 6) is 2.83. The van der Waals surface area contributed by atoms with Gasteiger partial charge in [-0.25, -0.2) is 0 Å². The van der Waals surface area contributed by atoms with Crippen molar-refractivity contribution in [1.82, 2.24) is 0 Å². The van der Waals surface area contributed by atoms with E-state index in [0.29, 0.717) is 5.92 Å². The van der Waals surface area contributed by atoms with Crippen LogP contribution in [0.5, 0.6) is 17.2 Å². The highest BCUT2D eigenvalue weighted by Gasteiger charge is 2.12. The first-order valence-electron chi connectivity index (χ1n) is 6.73. The lowest BCUT2D eigenvalue weighted by molar-refractivity contribution is 0.405. The highest BCUT2D eigenvalue weighted by Crippen LogP contribution is 2.39. The number of ether oxygens (including phenoxy) is 2. The predicted octanol–water partition coefficient (Wildman–Crippen LogP) is 6.44. The quantitative estimate of drug-likeness (QED) is 0.573. The van der Waals surface area contributed by atoms with Crippen molar-refractivity contribution in [2.75, 3.05) is 7.11 Å². The summed E-state index contributed by atoms with van der Waals surface area (Å²) >= 11 is 7.10. The molecule has 0 saturated carbocycles. The molecule has 2 nitrogen and oxygen atoms in total. The molecule has 0 radical (unpaired) electrons. The summed E-state index contributed by atoms with van der Waals surface area (Å²) in [6, 6.07) is 9.96. The van der Waals surface area contributed by atoms with Gasteiger partial charge in [-0.15, -0.1) is 0 Å². The molecule has 0 spiro atoms. The molecule has 0 N–H and O–H groups in total. The molecule has 112 valence electrons. The lowest BCUT2D eigenvalue weighted by atomic mass is 10.0. The standard InChI is InChI=1S/C17H18Br2O2/c1-10(2)13-9-12(5-6-16(13)20-4)21-17-14(18)7-11(3)8-15(17)19/h5-10H,1-4H3. The number of halogens is 2. The number of rotatable bonds is 4. The van der Waals surface area contributed by atoms with E-state index in [1.807, 2.05) is 37.3 Å². The molecule has 21 heavy (non-hydrogen) atoms. The van der Waals surface area contributed by atoms with Crippen LogP contribution in [0, 0.1) is 6.92 Å². The van der Waals surface area contributed by atoms with Crippen molar-refractivity contribution in [2.24, 2.45) is 0 Å². The number of aryl methyl sites for hydroxylation is 1. The van der Waals surface area contributed by atoms with Crippen molar-refractivity contribution < 1.29 is 9.47 Å². The molecular formula is C17H18Br2O2. The van der Waals surface area contributed by atoms with Crippen LogP contribution in [0.1, 0.15) is 30.9 Å². The Hall–Kier alpha value is -1.00. The van der Waals surface area contributed by atoms with E-state index in [1.165, 1.54) is 5.56 Å². The highest BCUT2D eigenvalue weighted by molar-refractivity contribution is 9.11. The van der Waals surface area contributed by atoms with Gasteiger partial charge in [0.05, 0.1) is 16.1 Å². The van der Waals surface area contributed by atoms with Crippen LogP contribution in [0.2, 0.25) is 0 Å². The Morgan fingerprint density at radius 3 is 2.14 bits per heavy atom. The van der Waals surface area contributed by atoms with E-state index in [1.54, 1.807) is 7.11 Å². The summed E-state index contributed by atoms with van der Waals surface area (Å²) < 4.78 is 13.3. The maximum absolute atomic E-state index is 6.04. The van der Waals surface area contributed by atoms with E-state index in [4.69, 9.17) is 9.47 Å². The first-order chi connectivity index (χ1) is 9.92. The van der Waals surface area contributed by atoms with Crippen molar-refractivity contribution >= 4 is 31.9 Å². The second-order valence-corrected chi connectivity index (χ2v) is 6.93. The average Bonchev–Trinajstić information content (AvgIpc) is 2.42. The Kier molecular flexibility index (Phi) is 5.33. The van der Waals surface area contributed by atoms with Gasteiger partial charge in [-0.05, 0) is 80.6 Å². The van der Waals surface area contributed by atoms with Crippen LogP contribution in [-0.4, -0.2) is 7.11 Å². The van der Waals surface area contributed by atoms with E-state index in [0.717, 1.165) is 31.8 Å². The van der Waals surface area contributed by atoms with E-state index in [-0.39, 0.29) is 0 Å². The first kappa shape index (κ1) is 16.4. The second kappa shape index (κ2) is 6.84. The van der Waals surface area contributed by atoms with Gasteiger partial charge in [-0.1, -0.05) is 13.8 Å². The Balaban J connectivity index is 2.39. The highest BCUT2D eigenvalue weighted by atomic mass is 79.9. The molecule has 0 bridgehead atoms. The fraction of sp³-hybridized carbons (Fsp3) is 0.294. The van der Waals surface area contributed by atoms with Crippen LogP contribution in [0.3, 0.4) is 0 Å². The molecular weight excluding hydrogens is 396 g/mol. The zero-order chi connectivity index (χ0) is 15.6. The molecule has 2 aromatic rings. The van der Waals surface area contributed by atoms with E-state index < -0.39 is 0 Å². The largest absolute Gasteiger partial charge is 0.496 e. The molecule has 2 aromatic carbocycles. The van der Waals surface area contributed by atoms with Crippen molar-refractivity contribution in [2.45, 2.75) is 26.7 Å². The molecule has 0 amide bonds. The van der Waals surface area contributed by atoms with Crippen molar-refractivity contribution in [3.05, 3.63) is 50.4 Å². The third-order valence-corrected chi connectivity index (χ3v) is 4.36. The van der Waals surface area contributed by atoms with Gasteiger partial charge < -0.3 is 9.47 Å². The fourth-order valence-corrected chi connectivity index (χ4v) is 3.71. The van der Waals surface area contributed by atoms with Gasteiger partial charge in [0.25, 0.3) is 0 Å². The predicted molar refractivity (Wildman–Crippen MR) is 93.7 cm³/mol. The molecule has 4 heteroatoms. The third kappa shape index (κ3) is 3.80. The number of benzene rings is 2. The molecule has 0 saturated heterocycles. The smallest absolute Gasteiger partial charge is 0.155 e. The Morgan fingerprint density at radius 1 is 1.00 bits per heavy atom. The summed E-state index contributed by atoms with van der Waals surface area (Å²) in [7, 11) is 1.69. The van der Waals surface area contributed by atoms with Crippen LogP contribution >= 0.6 is 31.9 Å². The topological polar surface area (TPSA) is 18.5 Å². The molecule has 0 heterocycles. The average molecular weight is 414 g/mol. The van der Waals surface area contributed by atoms with Crippen LogP contribution < -0.4 is 9.47 Å². The van der Waals surface area contributed by atoms with Gasteiger partial charge in [0.1, 0.15) is 11.5 Å². The zero-order valence-electron chi connectivity index (χ0n) is 12.5. The minimum atomic E-state index is 0.369. The van der Waals surface area contributed by atoms with Gasteiger partial charge in [-0.2, -0.15) is 0 Å².